The molecule has 5 heteroatoms. The zero-order chi connectivity index (χ0) is 13.8. The number of benzene rings is 1. The molecule has 1 aliphatic heterocycles. The number of rotatable bonds is 3. The highest BCUT2D eigenvalue weighted by Gasteiger charge is 2.28. The summed E-state index contributed by atoms with van der Waals surface area (Å²) in [5.74, 6) is 0.0193. The molecule has 2 rings (SSSR count). The second-order valence-electron chi connectivity index (χ2n) is 5.30. The number of carbonyl (C=O) groups excluding carboxylic acids is 1. The molecule has 1 saturated heterocycles. The summed E-state index contributed by atoms with van der Waals surface area (Å²) in [6.45, 7) is 5.23. The molecule has 0 aliphatic carbocycles. The number of nitrogens with zero attached hydrogens (tertiary/aromatic N) is 1. The lowest BCUT2D eigenvalue weighted by Crippen LogP contribution is -2.53. The summed E-state index contributed by atoms with van der Waals surface area (Å²) in [6, 6.07) is 9.41. The van der Waals surface area contributed by atoms with E-state index in [0.29, 0.717) is 19.5 Å². The van der Waals surface area contributed by atoms with Gasteiger partial charge in [-0.15, -0.1) is 12.4 Å². The molecule has 0 radical (unpaired) electrons. The monoisotopic (exact) mass is 298 g/mol. The minimum absolute atomic E-state index is 0. The summed E-state index contributed by atoms with van der Waals surface area (Å²) < 4.78 is 5.63. The maximum Gasteiger partial charge on any atom is 0.240 e. The zero-order valence-electron chi connectivity index (χ0n) is 12.0. The second kappa shape index (κ2) is 7.62. The molecule has 1 aliphatic rings. The van der Waals surface area contributed by atoms with Crippen molar-refractivity contribution in [3.8, 4) is 0 Å². The molecule has 1 amide bonds. The summed E-state index contributed by atoms with van der Waals surface area (Å²) in [4.78, 5) is 14.2. The standard InChI is InChI=1S/C15H22N2O2.ClH/c1-11-9-17(10-12(2)19-11)15(18)14(16)8-13-6-4-3-5-7-13;/h3-7,11-12,14H,8-10,16H2,1-2H3;1H/t11-,12+,14-;/m0./s1. The lowest BCUT2D eigenvalue weighted by atomic mass is 10.0. The van der Waals surface area contributed by atoms with Crippen LogP contribution in [0.4, 0.5) is 0 Å². The van der Waals surface area contributed by atoms with Gasteiger partial charge >= 0.3 is 0 Å². The Morgan fingerprint density at radius 2 is 1.85 bits per heavy atom. The number of morpholine rings is 1. The number of nitrogens with two attached hydrogens (primary N) is 1. The number of ether oxygens (including phenoxy) is 1. The van der Waals surface area contributed by atoms with Gasteiger partial charge in [0.15, 0.2) is 0 Å². The van der Waals surface area contributed by atoms with Gasteiger partial charge in [0.25, 0.3) is 0 Å². The van der Waals surface area contributed by atoms with Crippen LogP contribution in [0.25, 0.3) is 0 Å². The highest BCUT2D eigenvalue weighted by Crippen LogP contribution is 2.12. The molecule has 3 atom stereocenters. The topological polar surface area (TPSA) is 55.6 Å². The van der Waals surface area contributed by atoms with Crippen LogP contribution in [0.5, 0.6) is 0 Å². The van der Waals surface area contributed by atoms with Crippen LogP contribution in [-0.4, -0.2) is 42.1 Å². The Bertz CT molecular complexity index is 417. The van der Waals surface area contributed by atoms with Gasteiger partial charge in [0, 0.05) is 13.1 Å². The third-order valence-corrected chi connectivity index (χ3v) is 3.35. The van der Waals surface area contributed by atoms with Gasteiger partial charge in [0.1, 0.15) is 0 Å². The fraction of sp³-hybridized carbons (Fsp3) is 0.533. The Kier molecular flexibility index (Phi) is 6.46. The highest BCUT2D eigenvalue weighted by atomic mass is 35.5. The smallest absolute Gasteiger partial charge is 0.240 e. The molecule has 1 heterocycles. The summed E-state index contributed by atoms with van der Waals surface area (Å²) in [7, 11) is 0. The van der Waals surface area contributed by atoms with E-state index in [1.807, 2.05) is 49.1 Å². The van der Waals surface area contributed by atoms with Crippen molar-refractivity contribution >= 4 is 18.3 Å². The van der Waals surface area contributed by atoms with Gasteiger partial charge in [-0.2, -0.15) is 0 Å². The third-order valence-electron chi connectivity index (χ3n) is 3.35. The molecule has 0 unspecified atom stereocenters. The largest absolute Gasteiger partial charge is 0.372 e. The second-order valence-corrected chi connectivity index (χ2v) is 5.30. The Morgan fingerprint density at radius 1 is 1.30 bits per heavy atom. The van der Waals surface area contributed by atoms with Crippen LogP contribution in [0.2, 0.25) is 0 Å². The average Bonchev–Trinajstić information content (AvgIpc) is 2.37. The molecule has 20 heavy (non-hydrogen) atoms. The van der Waals surface area contributed by atoms with E-state index in [4.69, 9.17) is 10.5 Å². The predicted molar refractivity (Wildman–Crippen MR) is 82.0 cm³/mol. The maximum atomic E-state index is 12.3. The summed E-state index contributed by atoms with van der Waals surface area (Å²) in [5, 5.41) is 0. The van der Waals surface area contributed by atoms with Crippen LogP contribution in [0, 0.1) is 0 Å². The highest BCUT2D eigenvalue weighted by molar-refractivity contribution is 5.85. The van der Waals surface area contributed by atoms with Crippen LogP contribution < -0.4 is 5.73 Å². The number of carbonyl (C=O) groups is 1. The number of halogens is 1. The Balaban J connectivity index is 0.00000200. The predicted octanol–water partition coefficient (Wildman–Crippen LogP) is 1.61. The van der Waals surface area contributed by atoms with E-state index in [1.165, 1.54) is 0 Å². The Hall–Kier alpha value is -1.10. The molecule has 1 aromatic carbocycles. The van der Waals surface area contributed by atoms with Crippen molar-refractivity contribution in [3.63, 3.8) is 0 Å². The number of amides is 1. The van der Waals surface area contributed by atoms with E-state index in [-0.39, 0.29) is 30.5 Å². The van der Waals surface area contributed by atoms with E-state index in [0.717, 1.165) is 5.56 Å². The van der Waals surface area contributed by atoms with Gasteiger partial charge in [-0.25, -0.2) is 0 Å². The van der Waals surface area contributed by atoms with Crippen molar-refractivity contribution < 1.29 is 9.53 Å². The van der Waals surface area contributed by atoms with E-state index >= 15 is 0 Å². The summed E-state index contributed by atoms with van der Waals surface area (Å²) >= 11 is 0. The van der Waals surface area contributed by atoms with E-state index in [1.54, 1.807) is 0 Å². The van der Waals surface area contributed by atoms with Crippen LogP contribution in [-0.2, 0) is 16.0 Å². The van der Waals surface area contributed by atoms with Gasteiger partial charge in [0.05, 0.1) is 18.2 Å². The first-order valence-electron chi connectivity index (χ1n) is 6.80. The first-order valence-corrected chi connectivity index (χ1v) is 6.80. The molecular weight excluding hydrogens is 276 g/mol. The average molecular weight is 299 g/mol. The van der Waals surface area contributed by atoms with Gasteiger partial charge in [0.2, 0.25) is 5.91 Å². The van der Waals surface area contributed by atoms with E-state index in [2.05, 4.69) is 0 Å². The van der Waals surface area contributed by atoms with Crippen molar-refractivity contribution in [2.45, 2.75) is 38.5 Å². The molecule has 1 aromatic rings. The molecular formula is C15H23ClN2O2. The first kappa shape index (κ1) is 17.0. The van der Waals surface area contributed by atoms with Crippen molar-refractivity contribution in [2.75, 3.05) is 13.1 Å². The van der Waals surface area contributed by atoms with Gasteiger partial charge < -0.3 is 15.4 Å². The Morgan fingerprint density at radius 3 is 2.40 bits per heavy atom. The molecule has 2 N–H and O–H groups in total. The maximum absolute atomic E-state index is 12.3. The van der Waals surface area contributed by atoms with Gasteiger partial charge in [-0.1, -0.05) is 30.3 Å². The minimum Gasteiger partial charge on any atom is -0.372 e. The molecule has 0 aromatic heterocycles. The number of hydrogen-bond donors (Lipinski definition) is 1. The lowest BCUT2D eigenvalue weighted by Gasteiger charge is -2.36. The Labute approximate surface area is 126 Å². The van der Waals surface area contributed by atoms with Crippen molar-refractivity contribution in [2.24, 2.45) is 5.73 Å². The number of hydrogen-bond acceptors (Lipinski definition) is 3. The van der Waals surface area contributed by atoms with Crippen LogP contribution in [0.3, 0.4) is 0 Å². The SMILES string of the molecule is C[C@@H]1CN(C(=O)[C@@H](N)Cc2ccccc2)C[C@H](C)O1.Cl. The van der Waals surface area contributed by atoms with Crippen molar-refractivity contribution in [3.05, 3.63) is 35.9 Å². The van der Waals surface area contributed by atoms with E-state index < -0.39 is 6.04 Å². The van der Waals surface area contributed by atoms with Crippen LogP contribution >= 0.6 is 12.4 Å². The van der Waals surface area contributed by atoms with Crippen LogP contribution in [0.15, 0.2) is 30.3 Å². The minimum atomic E-state index is -0.472. The third kappa shape index (κ3) is 4.47. The van der Waals surface area contributed by atoms with Crippen LogP contribution in [0.1, 0.15) is 19.4 Å². The molecule has 4 nitrogen and oxygen atoms in total. The molecule has 0 saturated carbocycles. The molecule has 0 spiro atoms. The lowest BCUT2D eigenvalue weighted by molar-refractivity contribution is -0.144. The van der Waals surface area contributed by atoms with Crippen molar-refractivity contribution in [1.29, 1.82) is 0 Å². The zero-order valence-corrected chi connectivity index (χ0v) is 12.8. The molecule has 112 valence electrons. The van der Waals surface area contributed by atoms with E-state index in [9.17, 15) is 4.79 Å². The fourth-order valence-electron chi connectivity index (χ4n) is 2.55. The van der Waals surface area contributed by atoms with Gasteiger partial charge in [-0.05, 0) is 25.8 Å². The summed E-state index contributed by atoms with van der Waals surface area (Å²) in [5.41, 5.74) is 7.13. The first-order chi connectivity index (χ1) is 9.06. The quantitative estimate of drug-likeness (QED) is 0.922. The normalized spacial score (nSPS) is 23.9. The van der Waals surface area contributed by atoms with Gasteiger partial charge in [-0.3, -0.25) is 4.79 Å². The fourth-order valence-corrected chi connectivity index (χ4v) is 2.55. The van der Waals surface area contributed by atoms with Crippen molar-refractivity contribution in [1.82, 2.24) is 4.90 Å². The summed E-state index contributed by atoms with van der Waals surface area (Å²) in [6.07, 6.45) is 0.744. The molecule has 0 bridgehead atoms. The molecule has 1 fully saturated rings.